The van der Waals surface area contributed by atoms with Crippen molar-refractivity contribution in [1.29, 1.82) is 0 Å². The number of ether oxygens (including phenoxy) is 1. The lowest BCUT2D eigenvalue weighted by Gasteiger charge is -2.60. The van der Waals surface area contributed by atoms with E-state index < -0.39 is 0 Å². The van der Waals surface area contributed by atoms with Gasteiger partial charge in [-0.3, -0.25) is 4.79 Å². The van der Waals surface area contributed by atoms with Crippen molar-refractivity contribution in [3.8, 4) is 0 Å². The number of alkyl halides is 1. The third kappa shape index (κ3) is 3.32. The van der Waals surface area contributed by atoms with E-state index in [2.05, 4.69) is 29.8 Å². The van der Waals surface area contributed by atoms with E-state index in [4.69, 9.17) is 4.74 Å². The molecular formula is C24H39BrO2. The summed E-state index contributed by atoms with van der Waals surface area (Å²) in [6, 6.07) is 0. The second-order valence-corrected chi connectivity index (χ2v) is 11.9. The van der Waals surface area contributed by atoms with Crippen LogP contribution in [0.4, 0.5) is 0 Å². The summed E-state index contributed by atoms with van der Waals surface area (Å²) in [5.74, 6) is 4.61. The summed E-state index contributed by atoms with van der Waals surface area (Å²) in [5, 5.41) is 0. The maximum Gasteiger partial charge on any atom is 0.319 e. The van der Waals surface area contributed by atoms with Crippen LogP contribution in [0.3, 0.4) is 0 Å². The molecule has 0 heterocycles. The Bertz CT molecular complexity index is 563. The van der Waals surface area contributed by atoms with Gasteiger partial charge in [-0.1, -0.05) is 42.6 Å². The van der Waals surface area contributed by atoms with E-state index in [0.29, 0.717) is 10.8 Å². The molecule has 154 valence electrons. The monoisotopic (exact) mass is 438 g/mol. The van der Waals surface area contributed by atoms with Gasteiger partial charge in [0.05, 0.1) is 7.11 Å². The van der Waals surface area contributed by atoms with E-state index in [1.807, 2.05) is 0 Å². The molecule has 0 amide bonds. The Morgan fingerprint density at radius 2 is 1.78 bits per heavy atom. The Balaban J connectivity index is 1.46. The van der Waals surface area contributed by atoms with Gasteiger partial charge in [-0.2, -0.15) is 0 Å². The number of rotatable bonds is 4. The van der Waals surface area contributed by atoms with Gasteiger partial charge in [0.15, 0.2) is 0 Å². The second kappa shape index (κ2) is 7.65. The molecule has 0 aliphatic heterocycles. The first kappa shape index (κ1) is 20.2. The molecule has 8 unspecified atom stereocenters. The highest BCUT2D eigenvalue weighted by molar-refractivity contribution is 9.10. The smallest absolute Gasteiger partial charge is 0.319 e. The number of esters is 1. The minimum Gasteiger partial charge on any atom is -0.468 e. The lowest BCUT2D eigenvalue weighted by Crippen LogP contribution is -2.52. The predicted molar refractivity (Wildman–Crippen MR) is 114 cm³/mol. The molecule has 0 radical (unpaired) electrons. The number of carbonyl (C=O) groups is 1. The van der Waals surface area contributed by atoms with Crippen LogP contribution in [-0.4, -0.2) is 17.9 Å². The molecule has 3 heteroatoms. The third-order valence-corrected chi connectivity index (χ3v) is 10.8. The molecule has 4 saturated carbocycles. The highest BCUT2D eigenvalue weighted by Crippen LogP contribution is 2.67. The van der Waals surface area contributed by atoms with Gasteiger partial charge >= 0.3 is 5.97 Å². The Hall–Kier alpha value is -0.0500. The molecule has 0 saturated heterocycles. The van der Waals surface area contributed by atoms with Gasteiger partial charge in [-0.25, -0.2) is 0 Å². The van der Waals surface area contributed by atoms with Gasteiger partial charge in [0.2, 0.25) is 0 Å². The molecule has 0 aromatic heterocycles. The van der Waals surface area contributed by atoms with Crippen LogP contribution in [0.5, 0.6) is 0 Å². The highest BCUT2D eigenvalue weighted by Gasteiger charge is 2.59. The molecule has 0 N–H and O–H groups in total. The molecule has 8 atom stereocenters. The van der Waals surface area contributed by atoms with E-state index in [9.17, 15) is 4.79 Å². The maximum atomic E-state index is 11.8. The van der Waals surface area contributed by atoms with Crippen LogP contribution in [0.2, 0.25) is 0 Å². The Morgan fingerprint density at radius 3 is 2.56 bits per heavy atom. The summed E-state index contributed by atoms with van der Waals surface area (Å²) in [6.07, 6.45) is 16.8. The van der Waals surface area contributed by atoms with Gasteiger partial charge in [-0.15, -0.1) is 0 Å². The van der Waals surface area contributed by atoms with Gasteiger partial charge in [0, 0.05) is 0 Å². The number of methoxy groups -OCH3 is 1. The van der Waals surface area contributed by atoms with E-state index in [1.54, 1.807) is 0 Å². The quantitative estimate of drug-likeness (QED) is 0.358. The van der Waals surface area contributed by atoms with Crippen LogP contribution in [0.15, 0.2) is 0 Å². The fraction of sp³-hybridized carbons (Fsp3) is 0.958. The van der Waals surface area contributed by atoms with Crippen LogP contribution >= 0.6 is 15.9 Å². The molecule has 0 aromatic rings. The van der Waals surface area contributed by atoms with Crippen molar-refractivity contribution in [1.82, 2.24) is 0 Å². The first-order valence-corrected chi connectivity index (χ1v) is 12.5. The SMILES string of the molecule is COC(=O)C(Br)CCC1CCC2C3CCC4CCCCC4(C)C3CCC12C. The number of carbonyl (C=O) groups excluding carboxylic acids is 1. The molecule has 0 aromatic carbocycles. The van der Waals surface area contributed by atoms with Crippen molar-refractivity contribution in [3.05, 3.63) is 0 Å². The van der Waals surface area contributed by atoms with Gasteiger partial charge < -0.3 is 4.74 Å². The maximum absolute atomic E-state index is 11.8. The van der Waals surface area contributed by atoms with Gasteiger partial charge in [0.1, 0.15) is 4.83 Å². The van der Waals surface area contributed by atoms with E-state index >= 15 is 0 Å². The zero-order chi connectivity index (χ0) is 19.2. The van der Waals surface area contributed by atoms with Crippen LogP contribution in [-0.2, 0) is 9.53 Å². The van der Waals surface area contributed by atoms with Crippen molar-refractivity contribution in [2.75, 3.05) is 7.11 Å². The van der Waals surface area contributed by atoms with Crippen molar-refractivity contribution in [2.45, 2.75) is 95.7 Å². The van der Waals surface area contributed by atoms with E-state index in [1.165, 1.54) is 77.7 Å². The molecular weight excluding hydrogens is 400 g/mol. The van der Waals surface area contributed by atoms with E-state index in [-0.39, 0.29) is 10.8 Å². The lowest BCUT2D eigenvalue weighted by molar-refractivity contribution is -0.140. The van der Waals surface area contributed by atoms with Gasteiger partial charge in [-0.05, 0) is 105 Å². The Kier molecular flexibility index (Phi) is 5.73. The summed E-state index contributed by atoms with van der Waals surface area (Å²) in [4.78, 5) is 11.6. The topological polar surface area (TPSA) is 26.3 Å². The van der Waals surface area contributed by atoms with Crippen LogP contribution in [0.1, 0.15) is 90.9 Å². The predicted octanol–water partition coefficient (Wildman–Crippen LogP) is 6.75. The summed E-state index contributed by atoms with van der Waals surface area (Å²) in [5.41, 5.74) is 1.16. The Labute approximate surface area is 174 Å². The number of hydrogen-bond acceptors (Lipinski definition) is 2. The largest absolute Gasteiger partial charge is 0.468 e. The molecule has 0 spiro atoms. The second-order valence-electron chi connectivity index (χ2n) is 10.8. The van der Waals surface area contributed by atoms with Crippen molar-refractivity contribution < 1.29 is 9.53 Å². The Morgan fingerprint density at radius 1 is 1.00 bits per heavy atom. The lowest BCUT2D eigenvalue weighted by atomic mass is 9.45. The van der Waals surface area contributed by atoms with Crippen molar-refractivity contribution in [2.24, 2.45) is 40.4 Å². The fourth-order valence-corrected chi connectivity index (χ4v) is 8.92. The highest BCUT2D eigenvalue weighted by atomic mass is 79.9. The molecule has 4 rings (SSSR count). The molecule has 27 heavy (non-hydrogen) atoms. The minimum atomic E-state index is -0.127. The first-order chi connectivity index (χ1) is 12.9. The van der Waals surface area contributed by atoms with Crippen LogP contribution < -0.4 is 0 Å². The molecule has 4 aliphatic rings. The van der Waals surface area contributed by atoms with Crippen molar-refractivity contribution in [3.63, 3.8) is 0 Å². The molecule has 4 aliphatic carbocycles. The number of halogens is 1. The molecule has 2 nitrogen and oxygen atoms in total. The van der Waals surface area contributed by atoms with Crippen LogP contribution in [0, 0.1) is 40.4 Å². The third-order valence-electron chi connectivity index (χ3n) is 10.0. The summed E-state index contributed by atoms with van der Waals surface area (Å²) in [6.45, 7) is 5.29. The summed E-state index contributed by atoms with van der Waals surface area (Å²) in [7, 11) is 1.49. The minimum absolute atomic E-state index is 0.109. The summed E-state index contributed by atoms with van der Waals surface area (Å²) >= 11 is 3.54. The van der Waals surface area contributed by atoms with Crippen molar-refractivity contribution >= 4 is 21.9 Å². The van der Waals surface area contributed by atoms with E-state index in [0.717, 1.165) is 36.0 Å². The van der Waals surface area contributed by atoms with Crippen LogP contribution in [0.25, 0.3) is 0 Å². The standard InChI is InChI=1S/C24H39BrO2/c1-23-14-5-4-6-16(23)7-10-18-19-11-8-17(9-12-21(25)22(26)27-3)24(19,2)15-13-20(18)23/h16-21H,4-15H2,1-3H3. The zero-order valence-electron chi connectivity index (χ0n) is 17.6. The molecule has 4 fully saturated rings. The molecule has 0 bridgehead atoms. The average molecular weight is 439 g/mol. The number of fused-ring (bicyclic) bond motifs is 5. The van der Waals surface area contributed by atoms with Gasteiger partial charge in [0.25, 0.3) is 0 Å². The number of hydrogen-bond donors (Lipinski definition) is 0. The fourth-order valence-electron chi connectivity index (χ4n) is 8.47. The summed E-state index contributed by atoms with van der Waals surface area (Å²) < 4.78 is 4.91. The normalized spacial score (nSPS) is 47.5. The first-order valence-electron chi connectivity index (χ1n) is 11.6. The average Bonchev–Trinajstić information content (AvgIpc) is 3.01. The zero-order valence-corrected chi connectivity index (χ0v) is 19.2.